The molecule has 210 valence electrons. The Morgan fingerprint density at radius 3 is 2.59 bits per heavy atom. The van der Waals surface area contributed by atoms with Gasteiger partial charge in [-0.25, -0.2) is 22.2 Å². The second kappa shape index (κ2) is 11.3. The summed E-state index contributed by atoms with van der Waals surface area (Å²) < 4.78 is 63.1. The first-order valence-corrected chi connectivity index (χ1v) is 14.6. The third kappa shape index (κ3) is 5.30. The maximum absolute atomic E-state index is 14.3. The Hall–Kier alpha value is -2.93. The molecule has 0 spiro atoms. The number of imidazole rings is 1. The lowest BCUT2D eigenvalue weighted by atomic mass is 9.94. The molecule has 3 aromatic rings. The van der Waals surface area contributed by atoms with Crippen LogP contribution in [-0.2, 0) is 26.1 Å². The van der Waals surface area contributed by atoms with E-state index in [1.807, 2.05) is 24.3 Å². The van der Waals surface area contributed by atoms with E-state index in [-0.39, 0.29) is 24.9 Å². The number of amides is 1. The molecule has 3 atom stereocenters. The van der Waals surface area contributed by atoms with Crippen molar-refractivity contribution in [3.63, 3.8) is 0 Å². The van der Waals surface area contributed by atoms with E-state index in [0.717, 1.165) is 65.2 Å². The van der Waals surface area contributed by atoms with Crippen LogP contribution in [0.3, 0.4) is 0 Å². The van der Waals surface area contributed by atoms with Crippen LogP contribution < -0.4 is 5.73 Å². The summed E-state index contributed by atoms with van der Waals surface area (Å²) in [6, 6.07) is 10.0. The van der Waals surface area contributed by atoms with Gasteiger partial charge in [-0.05, 0) is 43.5 Å². The van der Waals surface area contributed by atoms with Crippen molar-refractivity contribution in [1.29, 1.82) is 0 Å². The van der Waals surface area contributed by atoms with Crippen molar-refractivity contribution < 1.29 is 26.7 Å². The summed E-state index contributed by atoms with van der Waals surface area (Å²) in [7, 11) is -2.84. The number of halogens is 2. The first-order valence-electron chi connectivity index (χ1n) is 13.1. The number of para-hydroxylation sites is 2. The van der Waals surface area contributed by atoms with Crippen LogP contribution in [0.25, 0.3) is 11.0 Å². The minimum absolute atomic E-state index is 0.00242. The lowest BCUT2D eigenvalue weighted by Gasteiger charge is -2.35. The standard InChI is InChI=1S/C27H33F2N5O4S/c1-38-14-6-13-34-24-11-3-2-10-23(24)31-26(34)18-7-5-12-32(15-18)27(35)19-16-33(17-22(19)30)39(36,37)25-20(28)8-4-9-21(25)29/h2-4,8-11,18-19,22H,5-7,12-17,30H2,1H3/t18?,19-,22-/m1/s1. The van der Waals surface area contributed by atoms with Gasteiger partial charge in [-0.1, -0.05) is 18.2 Å². The van der Waals surface area contributed by atoms with Crippen molar-refractivity contribution in [2.24, 2.45) is 11.7 Å². The van der Waals surface area contributed by atoms with Gasteiger partial charge in [0.15, 0.2) is 4.90 Å². The highest BCUT2D eigenvalue weighted by atomic mass is 32.2. The molecule has 0 bridgehead atoms. The molecule has 2 aliphatic heterocycles. The maximum atomic E-state index is 14.3. The van der Waals surface area contributed by atoms with Gasteiger partial charge >= 0.3 is 0 Å². The van der Waals surface area contributed by atoms with Crippen molar-refractivity contribution in [2.75, 3.05) is 39.9 Å². The molecule has 2 N–H and O–H groups in total. The van der Waals surface area contributed by atoms with Gasteiger partial charge in [0.1, 0.15) is 17.5 Å². The molecule has 0 radical (unpaired) electrons. The van der Waals surface area contributed by atoms with Crippen LogP contribution >= 0.6 is 0 Å². The first-order chi connectivity index (χ1) is 18.7. The highest BCUT2D eigenvalue weighted by molar-refractivity contribution is 7.89. The van der Waals surface area contributed by atoms with E-state index in [2.05, 4.69) is 4.57 Å². The Morgan fingerprint density at radius 1 is 1.10 bits per heavy atom. The van der Waals surface area contributed by atoms with E-state index in [0.29, 0.717) is 19.7 Å². The lowest BCUT2D eigenvalue weighted by molar-refractivity contribution is -0.136. The van der Waals surface area contributed by atoms with E-state index in [4.69, 9.17) is 15.5 Å². The molecule has 1 unspecified atom stereocenters. The zero-order valence-corrected chi connectivity index (χ0v) is 22.6. The van der Waals surface area contributed by atoms with E-state index in [1.54, 1.807) is 12.0 Å². The average Bonchev–Trinajstić information content (AvgIpc) is 3.49. The number of piperidine rings is 1. The summed E-state index contributed by atoms with van der Waals surface area (Å²) in [6.07, 6.45) is 2.45. The number of methoxy groups -OCH3 is 1. The third-order valence-corrected chi connectivity index (χ3v) is 9.56. The molecule has 39 heavy (non-hydrogen) atoms. The number of hydrogen-bond donors (Lipinski definition) is 1. The SMILES string of the molecule is COCCCn1c(C2CCCN(C(=O)[C@@H]3CN(S(=O)(=O)c4c(F)cccc4F)C[C@H]3N)C2)nc2ccccc21. The monoisotopic (exact) mass is 561 g/mol. The van der Waals surface area contributed by atoms with Crippen molar-refractivity contribution in [3.05, 3.63) is 59.9 Å². The number of benzene rings is 2. The summed E-state index contributed by atoms with van der Waals surface area (Å²) in [5.74, 6) is -2.49. The molecule has 2 aromatic carbocycles. The number of likely N-dealkylation sites (tertiary alicyclic amines) is 1. The second-order valence-electron chi connectivity index (χ2n) is 10.2. The van der Waals surface area contributed by atoms with Gasteiger partial charge in [0, 0.05) is 58.4 Å². The van der Waals surface area contributed by atoms with Crippen LogP contribution in [-0.4, -0.2) is 79.0 Å². The number of carbonyl (C=O) groups is 1. The predicted molar refractivity (Wildman–Crippen MR) is 141 cm³/mol. The molecule has 0 aliphatic carbocycles. The minimum Gasteiger partial charge on any atom is -0.385 e. The number of carbonyl (C=O) groups excluding carboxylic acids is 1. The van der Waals surface area contributed by atoms with Gasteiger partial charge in [0.2, 0.25) is 15.9 Å². The summed E-state index contributed by atoms with van der Waals surface area (Å²) in [4.78, 5) is 19.3. The van der Waals surface area contributed by atoms with Crippen molar-refractivity contribution in [1.82, 2.24) is 18.8 Å². The van der Waals surface area contributed by atoms with Crippen LogP contribution in [0.1, 0.15) is 31.0 Å². The van der Waals surface area contributed by atoms with Crippen molar-refractivity contribution in [3.8, 4) is 0 Å². The predicted octanol–water partition coefficient (Wildman–Crippen LogP) is 2.71. The van der Waals surface area contributed by atoms with Crippen LogP contribution in [0.15, 0.2) is 47.4 Å². The van der Waals surface area contributed by atoms with Crippen molar-refractivity contribution in [2.45, 2.75) is 42.7 Å². The van der Waals surface area contributed by atoms with Crippen LogP contribution in [0, 0.1) is 17.6 Å². The zero-order chi connectivity index (χ0) is 27.7. The molecule has 12 heteroatoms. The summed E-state index contributed by atoms with van der Waals surface area (Å²) in [6.45, 7) is 1.89. The highest BCUT2D eigenvalue weighted by Gasteiger charge is 2.45. The topological polar surface area (TPSA) is 111 Å². The Morgan fingerprint density at radius 2 is 1.85 bits per heavy atom. The molecule has 0 saturated carbocycles. The molecular weight excluding hydrogens is 528 g/mol. The maximum Gasteiger partial charge on any atom is 0.249 e. The molecule has 2 saturated heterocycles. The summed E-state index contributed by atoms with van der Waals surface area (Å²) in [5, 5.41) is 0. The van der Waals surface area contributed by atoms with Crippen LogP contribution in [0.2, 0.25) is 0 Å². The molecule has 9 nitrogen and oxygen atoms in total. The third-order valence-electron chi connectivity index (χ3n) is 7.68. The number of rotatable bonds is 8. The molecule has 1 aromatic heterocycles. The van der Waals surface area contributed by atoms with Gasteiger partial charge in [0.25, 0.3) is 0 Å². The molecule has 2 fully saturated rings. The number of ether oxygens (including phenoxy) is 1. The average molecular weight is 562 g/mol. The summed E-state index contributed by atoms with van der Waals surface area (Å²) in [5.41, 5.74) is 8.18. The Bertz CT molecular complexity index is 1440. The summed E-state index contributed by atoms with van der Waals surface area (Å²) >= 11 is 0. The molecule has 3 heterocycles. The minimum atomic E-state index is -4.51. The fraction of sp³-hybridized carbons (Fsp3) is 0.481. The fourth-order valence-corrected chi connectivity index (χ4v) is 7.35. The lowest BCUT2D eigenvalue weighted by Crippen LogP contribution is -2.47. The molecule has 1 amide bonds. The quantitative estimate of drug-likeness (QED) is 0.424. The van der Waals surface area contributed by atoms with E-state index >= 15 is 0 Å². The van der Waals surface area contributed by atoms with Gasteiger partial charge < -0.3 is 19.9 Å². The number of nitrogens with zero attached hydrogens (tertiary/aromatic N) is 4. The Labute approximate surface area is 226 Å². The number of aromatic nitrogens is 2. The van der Waals surface area contributed by atoms with E-state index in [9.17, 15) is 22.0 Å². The van der Waals surface area contributed by atoms with Gasteiger partial charge in [-0.2, -0.15) is 4.31 Å². The number of hydrogen-bond acceptors (Lipinski definition) is 6. The van der Waals surface area contributed by atoms with E-state index in [1.165, 1.54) is 0 Å². The van der Waals surface area contributed by atoms with Gasteiger partial charge in [-0.15, -0.1) is 0 Å². The van der Waals surface area contributed by atoms with Gasteiger partial charge in [-0.3, -0.25) is 4.79 Å². The van der Waals surface area contributed by atoms with Gasteiger partial charge in [0.05, 0.1) is 17.0 Å². The smallest absolute Gasteiger partial charge is 0.249 e. The second-order valence-corrected chi connectivity index (χ2v) is 12.1. The van der Waals surface area contributed by atoms with Crippen LogP contribution in [0.5, 0.6) is 0 Å². The highest BCUT2D eigenvalue weighted by Crippen LogP contribution is 2.33. The molecule has 5 rings (SSSR count). The number of sulfonamides is 1. The Balaban J connectivity index is 1.34. The van der Waals surface area contributed by atoms with E-state index < -0.39 is 38.5 Å². The zero-order valence-electron chi connectivity index (χ0n) is 21.8. The number of nitrogens with two attached hydrogens (primary N) is 1. The largest absolute Gasteiger partial charge is 0.385 e. The Kier molecular flexibility index (Phi) is 7.99. The first kappa shape index (κ1) is 27.6. The number of fused-ring (bicyclic) bond motifs is 1. The van der Waals surface area contributed by atoms with Crippen molar-refractivity contribution >= 4 is 27.0 Å². The molecular formula is C27H33F2N5O4S. The molecule has 2 aliphatic rings. The fourth-order valence-electron chi connectivity index (χ4n) is 5.74. The normalized spacial score (nSPS) is 22.6. The number of aryl methyl sites for hydroxylation is 1. The van der Waals surface area contributed by atoms with Crippen LogP contribution in [0.4, 0.5) is 8.78 Å².